The summed E-state index contributed by atoms with van der Waals surface area (Å²) in [7, 11) is 6.61. The Kier molecular flexibility index (Phi) is 4.63. The van der Waals surface area contributed by atoms with E-state index in [9.17, 15) is 4.79 Å². The van der Waals surface area contributed by atoms with Gasteiger partial charge in [0.25, 0.3) is 0 Å². The van der Waals surface area contributed by atoms with Crippen LogP contribution in [0.2, 0.25) is 0 Å². The number of nitrogens with zero attached hydrogens (tertiary/aromatic N) is 1. The number of anilines is 1. The Balaban J connectivity index is 2.74. The molecule has 0 bridgehead atoms. The van der Waals surface area contributed by atoms with Crippen molar-refractivity contribution in [1.82, 2.24) is 4.90 Å². The fraction of sp³-hybridized carbons (Fsp3) is 0.417. The van der Waals surface area contributed by atoms with Gasteiger partial charge in [0.2, 0.25) is 5.91 Å². The molecule has 0 saturated carbocycles. The zero-order valence-electron chi connectivity index (χ0n) is 10.6. The minimum atomic E-state index is 0.00266. The summed E-state index contributed by atoms with van der Waals surface area (Å²) in [6.07, 6.45) is 0. The van der Waals surface area contributed by atoms with Gasteiger partial charge in [-0.05, 0) is 12.1 Å². The molecule has 1 rings (SSSR count). The summed E-state index contributed by atoms with van der Waals surface area (Å²) < 4.78 is 10.3. The molecule has 5 nitrogen and oxygen atoms in total. The summed E-state index contributed by atoms with van der Waals surface area (Å²) in [6, 6.07) is 5.40. The van der Waals surface area contributed by atoms with Crippen LogP contribution in [0, 0.1) is 0 Å². The van der Waals surface area contributed by atoms with E-state index in [1.165, 1.54) is 4.90 Å². The van der Waals surface area contributed by atoms with Gasteiger partial charge in [0, 0.05) is 20.2 Å². The van der Waals surface area contributed by atoms with Crippen molar-refractivity contribution in [2.24, 2.45) is 0 Å². The highest BCUT2D eigenvalue weighted by Crippen LogP contribution is 2.28. The molecule has 0 heterocycles. The highest BCUT2D eigenvalue weighted by molar-refractivity contribution is 5.81. The third-order valence-electron chi connectivity index (χ3n) is 2.34. The highest BCUT2D eigenvalue weighted by Gasteiger charge is 2.07. The van der Waals surface area contributed by atoms with Crippen LogP contribution in [-0.4, -0.2) is 45.7 Å². The molecule has 0 spiro atoms. The molecule has 0 fully saturated rings. The van der Waals surface area contributed by atoms with Crippen molar-refractivity contribution in [2.45, 2.75) is 0 Å². The largest absolute Gasteiger partial charge is 0.497 e. The average Bonchev–Trinajstić information content (AvgIpc) is 2.35. The van der Waals surface area contributed by atoms with E-state index in [1.807, 2.05) is 12.1 Å². The number of benzene rings is 1. The molecule has 1 aromatic carbocycles. The zero-order chi connectivity index (χ0) is 12.8. The first-order valence-electron chi connectivity index (χ1n) is 5.24. The number of amides is 1. The van der Waals surface area contributed by atoms with Crippen molar-refractivity contribution < 1.29 is 14.3 Å². The summed E-state index contributed by atoms with van der Waals surface area (Å²) in [6.45, 7) is 0.232. The Labute approximate surface area is 101 Å². The van der Waals surface area contributed by atoms with Crippen LogP contribution in [0.1, 0.15) is 0 Å². The molecule has 0 atom stereocenters. The van der Waals surface area contributed by atoms with Gasteiger partial charge < -0.3 is 19.7 Å². The second-order valence-electron chi connectivity index (χ2n) is 3.71. The smallest absolute Gasteiger partial charge is 0.241 e. The lowest BCUT2D eigenvalue weighted by Gasteiger charge is -2.14. The van der Waals surface area contributed by atoms with Crippen molar-refractivity contribution >= 4 is 11.6 Å². The molecule has 0 unspecified atom stereocenters. The Morgan fingerprint density at radius 1 is 1.29 bits per heavy atom. The van der Waals surface area contributed by atoms with Crippen LogP contribution in [-0.2, 0) is 4.79 Å². The van der Waals surface area contributed by atoms with Gasteiger partial charge in [0.15, 0.2) is 0 Å². The van der Waals surface area contributed by atoms with Gasteiger partial charge in [-0.2, -0.15) is 0 Å². The van der Waals surface area contributed by atoms with Gasteiger partial charge in [-0.25, -0.2) is 0 Å². The summed E-state index contributed by atoms with van der Waals surface area (Å²) in [5.74, 6) is 1.37. The van der Waals surface area contributed by atoms with E-state index in [1.54, 1.807) is 34.4 Å². The normalized spacial score (nSPS) is 9.65. The molecule has 0 aromatic heterocycles. The maximum absolute atomic E-state index is 11.4. The summed E-state index contributed by atoms with van der Waals surface area (Å²) >= 11 is 0. The van der Waals surface area contributed by atoms with Crippen LogP contribution in [0.15, 0.2) is 18.2 Å². The van der Waals surface area contributed by atoms with E-state index >= 15 is 0 Å². The van der Waals surface area contributed by atoms with Crippen molar-refractivity contribution in [2.75, 3.05) is 40.2 Å². The predicted molar refractivity (Wildman–Crippen MR) is 66.7 cm³/mol. The fourth-order valence-corrected chi connectivity index (χ4v) is 1.27. The maximum Gasteiger partial charge on any atom is 0.241 e. The zero-order valence-corrected chi connectivity index (χ0v) is 10.6. The number of nitrogens with one attached hydrogen (secondary N) is 1. The van der Waals surface area contributed by atoms with E-state index in [4.69, 9.17) is 9.47 Å². The van der Waals surface area contributed by atoms with Crippen LogP contribution in [0.25, 0.3) is 0 Å². The number of carbonyl (C=O) groups excluding carboxylic acids is 1. The van der Waals surface area contributed by atoms with E-state index in [0.29, 0.717) is 11.5 Å². The van der Waals surface area contributed by atoms with E-state index < -0.39 is 0 Å². The lowest BCUT2D eigenvalue weighted by atomic mass is 10.2. The monoisotopic (exact) mass is 238 g/mol. The second-order valence-corrected chi connectivity index (χ2v) is 3.71. The molecule has 1 amide bonds. The Morgan fingerprint density at radius 2 is 2.00 bits per heavy atom. The summed E-state index contributed by atoms with van der Waals surface area (Å²) in [5.41, 5.74) is 0.767. The van der Waals surface area contributed by atoms with Crippen molar-refractivity contribution in [1.29, 1.82) is 0 Å². The van der Waals surface area contributed by atoms with E-state index in [2.05, 4.69) is 5.32 Å². The highest BCUT2D eigenvalue weighted by atomic mass is 16.5. The molecule has 5 heteroatoms. The predicted octanol–water partition coefficient (Wildman–Crippen LogP) is 1.20. The molecule has 17 heavy (non-hydrogen) atoms. The number of hydrogen-bond acceptors (Lipinski definition) is 4. The van der Waals surface area contributed by atoms with Gasteiger partial charge in [-0.15, -0.1) is 0 Å². The Morgan fingerprint density at radius 3 is 2.53 bits per heavy atom. The van der Waals surface area contributed by atoms with Gasteiger partial charge >= 0.3 is 0 Å². The third kappa shape index (κ3) is 3.55. The standard InChI is InChI=1S/C12H18N2O3/c1-14(2)12(15)8-13-10-6-5-9(16-3)7-11(10)17-4/h5-7,13H,8H2,1-4H3. The SMILES string of the molecule is COc1ccc(NCC(=O)N(C)C)c(OC)c1. The molecular weight excluding hydrogens is 220 g/mol. The van der Waals surface area contributed by atoms with Crippen LogP contribution >= 0.6 is 0 Å². The summed E-state index contributed by atoms with van der Waals surface area (Å²) in [4.78, 5) is 13.0. The van der Waals surface area contributed by atoms with Gasteiger partial charge in [-0.3, -0.25) is 4.79 Å². The molecule has 1 aromatic rings. The first-order chi connectivity index (χ1) is 8.08. The second kappa shape index (κ2) is 5.98. The number of hydrogen-bond donors (Lipinski definition) is 1. The van der Waals surface area contributed by atoms with Gasteiger partial charge in [-0.1, -0.05) is 0 Å². The molecular formula is C12H18N2O3. The van der Waals surface area contributed by atoms with Crippen LogP contribution < -0.4 is 14.8 Å². The molecule has 94 valence electrons. The Hall–Kier alpha value is -1.91. The minimum Gasteiger partial charge on any atom is -0.497 e. The Bertz CT molecular complexity index is 391. The topological polar surface area (TPSA) is 50.8 Å². The first kappa shape index (κ1) is 13.2. The number of rotatable bonds is 5. The van der Waals surface area contributed by atoms with Crippen molar-refractivity contribution in [3.63, 3.8) is 0 Å². The molecule has 0 aliphatic carbocycles. The lowest BCUT2D eigenvalue weighted by Crippen LogP contribution is -2.28. The minimum absolute atomic E-state index is 0.00266. The summed E-state index contributed by atoms with van der Waals surface area (Å²) in [5, 5.41) is 3.02. The number of carbonyl (C=O) groups is 1. The molecule has 0 saturated heterocycles. The quantitative estimate of drug-likeness (QED) is 0.837. The molecule has 0 aliphatic heterocycles. The maximum atomic E-state index is 11.4. The van der Waals surface area contributed by atoms with Crippen molar-refractivity contribution in [3.8, 4) is 11.5 Å². The van der Waals surface area contributed by atoms with Gasteiger partial charge in [0.05, 0.1) is 26.5 Å². The number of likely N-dealkylation sites (N-methyl/N-ethyl adjacent to an activating group) is 1. The number of ether oxygens (including phenoxy) is 2. The van der Waals surface area contributed by atoms with E-state index in [0.717, 1.165) is 5.69 Å². The average molecular weight is 238 g/mol. The molecule has 0 aliphatic rings. The third-order valence-corrected chi connectivity index (χ3v) is 2.34. The van der Waals surface area contributed by atoms with Crippen LogP contribution in [0.3, 0.4) is 0 Å². The fourth-order valence-electron chi connectivity index (χ4n) is 1.27. The lowest BCUT2D eigenvalue weighted by molar-refractivity contribution is -0.126. The van der Waals surface area contributed by atoms with Crippen LogP contribution in [0.5, 0.6) is 11.5 Å². The molecule has 1 N–H and O–H groups in total. The van der Waals surface area contributed by atoms with Gasteiger partial charge in [0.1, 0.15) is 11.5 Å². The molecule has 0 radical (unpaired) electrons. The van der Waals surface area contributed by atoms with E-state index in [-0.39, 0.29) is 12.5 Å². The van der Waals surface area contributed by atoms with Crippen molar-refractivity contribution in [3.05, 3.63) is 18.2 Å². The van der Waals surface area contributed by atoms with Crippen LogP contribution in [0.4, 0.5) is 5.69 Å². The number of methoxy groups -OCH3 is 2. The first-order valence-corrected chi connectivity index (χ1v) is 5.24.